The van der Waals surface area contributed by atoms with Gasteiger partial charge in [-0.05, 0) is 0 Å². The van der Waals surface area contributed by atoms with Gasteiger partial charge in [-0.1, -0.05) is 0 Å². The quantitative estimate of drug-likeness (QED) is 0.557. The van der Waals surface area contributed by atoms with E-state index in [0.29, 0.717) is 0 Å². The maximum absolute atomic E-state index is 11.7. The molecular formula is C3BrF6O4S2-. The van der Waals surface area contributed by atoms with Crippen molar-refractivity contribution in [2.24, 2.45) is 0 Å². The molecule has 0 atom stereocenters. The first kappa shape index (κ1) is 16.0. The Kier molecular flexibility index (Phi) is 4.00. The molecule has 13 heteroatoms. The standard InChI is InChI=1S/C3BrF6O4S2/c4-1(15(11,12)2(5,6)7)16(13,14)3(8,9)10/q-1. The smallest absolute Gasteiger partial charge is 0.283 e. The lowest BCUT2D eigenvalue weighted by atomic mass is 11.5. The van der Waals surface area contributed by atoms with E-state index in [1.165, 1.54) is 15.9 Å². The van der Waals surface area contributed by atoms with Crippen molar-refractivity contribution in [3.8, 4) is 0 Å². The Morgan fingerprint density at radius 2 is 0.938 bits per heavy atom. The molecule has 0 aliphatic carbocycles. The monoisotopic (exact) mass is 357 g/mol. The van der Waals surface area contributed by atoms with Crippen LogP contribution in [0.2, 0.25) is 0 Å². The van der Waals surface area contributed by atoms with E-state index in [1.54, 1.807) is 0 Å². The molecule has 0 amide bonds. The third kappa shape index (κ3) is 2.61. The normalized spacial score (nSPS) is 15.5. The first-order valence-electron chi connectivity index (χ1n) is 2.81. The van der Waals surface area contributed by atoms with E-state index < -0.39 is 34.2 Å². The van der Waals surface area contributed by atoms with Crippen molar-refractivity contribution in [2.75, 3.05) is 0 Å². The molecule has 0 aliphatic rings. The molecule has 0 aromatic heterocycles. The van der Waals surface area contributed by atoms with Gasteiger partial charge in [0.1, 0.15) is 19.7 Å². The van der Waals surface area contributed by atoms with Gasteiger partial charge in [0.25, 0.3) is 0 Å². The number of sulfone groups is 2. The zero-order valence-corrected chi connectivity index (χ0v) is 9.81. The number of halogens is 7. The molecule has 0 fully saturated rings. The highest BCUT2D eigenvalue weighted by Crippen LogP contribution is 2.43. The van der Waals surface area contributed by atoms with Crippen molar-refractivity contribution in [3.63, 3.8) is 0 Å². The summed E-state index contributed by atoms with van der Waals surface area (Å²) >= 11 is 1.29. The summed E-state index contributed by atoms with van der Waals surface area (Å²) in [5, 5.41) is 0. The minimum atomic E-state index is -6.59. The second kappa shape index (κ2) is 4.01. The van der Waals surface area contributed by atoms with E-state index in [4.69, 9.17) is 0 Å². The van der Waals surface area contributed by atoms with E-state index >= 15 is 0 Å². The van der Waals surface area contributed by atoms with E-state index in [9.17, 15) is 43.2 Å². The Morgan fingerprint density at radius 1 is 0.750 bits per heavy atom. The van der Waals surface area contributed by atoms with Crippen molar-refractivity contribution in [1.29, 1.82) is 0 Å². The summed E-state index contributed by atoms with van der Waals surface area (Å²) in [5.74, 6) is 0. The Labute approximate surface area is 93.6 Å². The molecule has 0 unspecified atom stereocenters. The highest BCUT2D eigenvalue weighted by Gasteiger charge is 2.53. The minimum Gasteiger partial charge on any atom is -0.283 e. The van der Waals surface area contributed by atoms with Crippen LogP contribution in [-0.2, 0) is 19.7 Å². The van der Waals surface area contributed by atoms with Gasteiger partial charge >= 0.3 is 11.0 Å². The molecule has 0 spiro atoms. The Balaban J connectivity index is 5.70. The number of hydrogen-bond donors (Lipinski definition) is 0. The van der Waals surface area contributed by atoms with Gasteiger partial charge in [-0.15, -0.1) is 0 Å². The van der Waals surface area contributed by atoms with Crippen LogP contribution in [0.1, 0.15) is 0 Å². The molecule has 16 heavy (non-hydrogen) atoms. The van der Waals surface area contributed by atoms with Crippen LogP contribution in [0, 0.1) is 3.49 Å². The highest BCUT2D eigenvalue weighted by molar-refractivity contribution is 9.15. The van der Waals surface area contributed by atoms with E-state index in [-0.39, 0.29) is 0 Å². The predicted molar refractivity (Wildman–Crippen MR) is 42.1 cm³/mol. The third-order valence-electron chi connectivity index (χ3n) is 1.03. The average molecular weight is 358 g/mol. The fourth-order valence-corrected chi connectivity index (χ4v) is 3.51. The lowest BCUT2D eigenvalue weighted by molar-refractivity contribution is -0.0448. The zero-order chi connectivity index (χ0) is 13.6. The first-order valence-corrected chi connectivity index (χ1v) is 6.57. The summed E-state index contributed by atoms with van der Waals surface area (Å²) < 4.78 is 109. The number of rotatable bonds is 2. The predicted octanol–water partition coefficient (Wildman–Crippen LogP) is 1.70. The minimum absolute atomic E-state index is 1.29. The summed E-state index contributed by atoms with van der Waals surface area (Å²) in [5.41, 5.74) is -12.3. The summed E-state index contributed by atoms with van der Waals surface area (Å²) in [4.78, 5) is 0. The van der Waals surface area contributed by atoms with Gasteiger partial charge in [0.15, 0.2) is 0 Å². The average Bonchev–Trinajstić information content (AvgIpc) is 1.98. The molecule has 0 aromatic carbocycles. The largest absolute Gasteiger partial charge is 0.470 e. The van der Waals surface area contributed by atoms with Crippen LogP contribution in [0.3, 0.4) is 0 Å². The zero-order valence-electron chi connectivity index (χ0n) is 6.60. The molecule has 0 radical (unpaired) electrons. The van der Waals surface area contributed by atoms with E-state index in [0.717, 1.165) is 0 Å². The van der Waals surface area contributed by atoms with Gasteiger partial charge in [-0.3, -0.25) is 32.8 Å². The van der Waals surface area contributed by atoms with E-state index in [1.807, 2.05) is 0 Å². The van der Waals surface area contributed by atoms with Gasteiger partial charge in [-0.25, -0.2) is 0 Å². The van der Waals surface area contributed by atoms with Crippen molar-refractivity contribution >= 4 is 35.6 Å². The molecule has 4 nitrogen and oxygen atoms in total. The summed E-state index contributed by atoms with van der Waals surface area (Å²) in [6.07, 6.45) is 0. The number of alkyl halides is 6. The van der Waals surface area contributed by atoms with Crippen LogP contribution in [0.25, 0.3) is 0 Å². The Bertz CT molecular complexity index is 413. The molecule has 0 N–H and O–H groups in total. The van der Waals surface area contributed by atoms with Crippen molar-refractivity contribution < 1.29 is 43.2 Å². The highest BCUT2D eigenvalue weighted by atomic mass is 79.9. The molecule has 0 aromatic rings. The van der Waals surface area contributed by atoms with Crippen LogP contribution < -0.4 is 0 Å². The van der Waals surface area contributed by atoms with Gasteiger partial charge in [0.05, 0.1) is 0 Å². The molecule has 0 rings (SSSR count). The van der Waals surface area contributed by atoms with Crippen LogP contribution in [0.5, 0.6) is 0 Å². The summed E-state index contributed by atoms with van der Waals surface area (Å²) in [6.45, 7) is 0. The molecule has 0 saturated carbocycles. The van der Waals surface area contributed by atoms with Crippen molar-refractivity contribution in [1.82, 2.24) is 0 Å². The van der Waals surface area contributed by atoms with Crippen molar-refractivity contribution in [3.05, 3.63) is 3.49 Å². The molecule has 0 saturated heterocycles. The number of hydrogen-bond acceptors (Lipinski definition) is 4. The maximum atomic E-state index is 11.7. The van der Waals surface area contributed by atoms with Crippen LogP contribution in [0.15, 0.2) is 0 Å². The van der Waals surface area contributed by atoms with Gasteiger partial charge in [0.2, 0.25) is 0 Å². The van der Waals surface area contributed by atoms with Gasteiger partial charge < -0.3 is 0 Å². The summed E-state index contributed by atoms with van der Waals surface area (Å²) in [7, 11) is -13.2. The van der Waals surface area contributed by atoms with Crippen LogP contribution >= 0.6 is 15.9 Å². The van der Waals surface area contributed by atoms with Crippen LogP contribution in [0.4, 0.5) is 26.3 Å². The van der Waals surface area contributed by atoms with Gasteiger partial charge in [0, 0.05) is 3.49 Å². The lowest BCUT2D eigenvalue weighted by Crippen LogP contribution is -2.36. The third-order valence-corrected chi connectivity index (χ3v) is 6.97. The topological polar surface area (TPSA) is 68.3 Å². The SMILES string of the molecule is O=S(=O)([C-](Br)S(=O)(=O)C(F)(F)F)C(F)(F)F. The Hall–Kier alpha value is -0.0400. The lowest BCUT2D eigenvalue weighted by Gasteiger charge is -2.26. The summed E-state index contributed by atoms with van der Waals surface area (Å²) in [6, 6.07) is 0. The van der Waals surface area contributed by atoms with Crippen molar-refractivity contribution in [2.45, 2.75) is 11.0 Å². The second-order valence-electron chi connectivity index (χ2n) is 2.14. The molecule has 0 bridgehead atoms. The molecular weight excluding hydrogens is 358 g/mol. The molecule has 98 valence electrons. The second-order valence-corrected chi connectivity index (χ2v) is 7.99. The molecule has 0 aliphatic heterocycles. The maximum Gasteiger partial charge on any atom is 0.470 e. The molecule has 0 heterocycles. The van der Waals surface area contributed by atoms with E-state index in [2.05, 4.69) is 0 Å². The van der Waals surface area contributed by atoms with Gasteiger partial charge in [-0.2, -0.15) is 26.3 Å². The first-order chi connectivity index (χ1) is 6.65. The Morgan fingerprint density at radius 3 is 1.06 bits per heavy atom. The fraction of sp³-hybridized carbons (Fsp3) is 0.667. The van der Waals surface area contributed by atoms with Crippen LogP contribution in [-0.4, -0.2) is 27.9 Å². The fourth-order valence-electron chi connectivity index (χ4n) is 0.326.